The SMILES string of the molecule is O=C(CNS(=O)(=O)c1cccs1)Nc1ccc(N2CCCCC2)cc1. The maximum atomic E-state index is 12.0. The van der Waals surface area contributed by atoms with E-state index in [1.807, 2.05) is 24.3 Å². The molecule has 0 radical (unpaired) electrons. The zero-order valence-corrected chi connectivity index (χ0v) is 15.4. The van der Waals surface area contributed by atoms with Crippen molar-refractivity contribution in [3.63, 3.8) is 0 Å². The average molecular weight is 380 g/mol. The summed E-state index contributed by atoms with van der Waals surface area (Å²) in [6, 6.07) is 10.8. The zero-order chi connectivity index (χ0) is 17.7. The van der Waals surface area contributed by atoms with Crippen molar-refractivity contribution in [2.45, 2.75) is 23.5 Å². The smallest absolute Gasteiger partial charge is 0.250 e. The highest BCUT2D eigenvalue weighted by Gasteiger charge is 2.16. The standard InChI is InChI=1S/C17H21N3O3S2/c21-16(13-18-25(22,23)17-5-4-12-24-17)19-14-6-8-15(9-7-14)20-10-2-1-3-11-20/h4-9,12,18H,1-3,10-11,13H2,(H,19,21). The number of carbonyl (C=O) groups is 1. The third-order valence-electron chi connectivity index (χ3n) is 4.05. The van der Waals surface area contributed by atoms with Gasteiger partial charge in [-0.05, 0) is 55.0 Å². The Balaban J connectivity index is 1.52. The Kier molecular flexibility index (Phi) is 5.72. The quantitative estimate of drug-likeness (QED) is 0.809. The van der Waals surface area contributed by atoms with Gasteiger partial charge in [0, 0.05) is 24.5 Å². The summed E-state index contributed by atoms with van der Waals surface area (Å²) in [7, 11) is -3.62. The van der Waals surface area contributed by atoms with E-state index >= 15 is 0 Å². The van der Waals surface area contributed by atoms with E-state index in [0.29, 0.717) is 5.69 Å². The van der Waals surface area contributed by atoms with E-state index in [9.17, 15) is 13.2 Å². The Morgan fingerprint density at radius 2 is 1.80 bits per heavy atom. The van der Waals surface area contributed by atoms with Gasteiger partial charge in [0.2, 0.25) is 5.91 Å². The molecule has 1 aromatic heterocycles. The number of anilines is 2. The monoisotopic (exact) mass is 379 g/mol. The number of thiophene rings is 1. The Labute approximate surface area is 151 Å². The number of hydrogen-bond donors (Lipinski definition) is 2. The summed E-state index contributed by atoms with van der Waals surface area (Å²) >= 11 is 1.11. The van der Waals surface area contributed by atoms with Gasteiger partial charge in [0.15, 0.2) is 0 Å². The molecular weight excluding hydrogens is 358 g/mol. The highest BCUT2D eigenvalue weighted by atomic mass is 32.2. The second-order valence-corrected chi connectivity index (χ2v) is 8.84. The molecule has 2 N–H and O–H groups in total. The molecule has 0 unspecified atom stereocenters. The van der Waals surface area contributed by atoms with Crippen LogP contribution in [0.5, 0.6) is 0 Å². The predicted octanol–water partition coefficient (Wildman–Crippen LogP) is 2.66. The van der Waals surface area contributed by atoms with Gasteiger partial charge in [0.1, 0.15) is 4.21 Å². The van der Waals surface area contributed by atoms with Crippen LogP contribution in [0.2, 0.25) is 0 Å². The summed E-state index contributed by atoms with van der Waals surface area (Å²) < 4.78 is 26.5. The minimum Gasteiger partial charge on any atom is -0.372 e. The Morgan fingerprint density at radius 1 is 1.08 bits per heavy atom. The summed E-state index contributed by atoms with van der Waals surface area (Å²) in [4.78, 5) is 14.3. The molecule has 1 aliphatic heterocycles. The number of benzene rings is 1. The van der Waals surface area contributed by atoms with Crippen molar-refractivity contribution in [3.8, 4) is 0 Å². The van der Waals surface area contributed by atoms with Gasteiger partial charge in [-0.15, -0.1) is 11.3 Å². The first kappa shape index (κ1) is 17.9. The minimum absolute atomic E-state index is 0.200. The van der Waals surface area contributed by atoms with Crippen LogP contribution >= 0.6 is 11.3 Å². The Hall–Kier alpha value is -1.90. The van der Waals surface area contributed by atoms with Gasteiger partial charge in [-0.3, -0.25) is 4.79 Å². The molecule has 0 bridgehead atoms. The minimum atomic E-state index is -3.62. The van der Waals surface area contributed by atoms with Gasteiger partial charge < -0.3 is 10.2 Å². The van der Waals surface area contributed by atoms with E-state index in [-0.39, 0.29) is 10.8 Å². The molecule has 1 saturated heterocycles. The number of amides is 1. The second kappa shape index (κ2) is 7.99. The fourth-order valence-electron chi connectivity index (χ4n) is 2.76. The van der Waals surface area contributed by atoms with Crippen LogP contribution in [-0.4, -0.2) is 34.0 Å². The molecule has 0 spiro atoms. The number of piperidine rings is 1. The molecule has 25 heavy (non-hydrogen) atoms. The maximum Gasteiger partial charge on any atom is 0.250 e. The number of hydrogen-bond acceptors (Lipinski definition) is 5. The molecule has 1 amide bonds. The third-order valence-corrected chi connectivity index (χ3v) is 6.85. The lowest BCUT2D eigenvalue weighted by atomic mass is 10.1. The van der Waals surface area contributed by atoms with Crippen LogP contribution in [0.3, 0.4) is 0 Å². The van der Waals surface area contributed by atoms with Gasteiger partial charge in [0.25, 0.3) is 10.0 Å². The molecule has 8 heteroatoms. The van der Waals surface area contributed by atoms with Crippen LogP contribution < -0.4 is 14.9 Å². The van der Waals surface area contributed by atoms with E-state index in [1.54, 1.807) is 11.4 Å². The van der Waals surface area contributed by atoms with Gasteiger partial charge in [-0.2, -0.15) is 0 Å². The van der Waals surface area contributed by atoms with Crippen molar-refractivity contribution >= 4 is 38.6 Å². The highest BCUT2D eigenvalue weighted by Crippen LogP contribution is 2.21. The molecule has 3 rings (SSSR count). The van der Waals surface area contributed by atoms with Crippen molar-refractivity contribution in [2.75, 3.05) is 29.9 Å². The lowest BCUT2D eigenvalue weighted by Gasteiger charge is -2.28. The lowest BCUT2D eigenvalue weighted by molar-refractivity contribution is -0.115. The molecule has 6 nitrogen and oxygen atoms in total. The molecule has 134 valence electrons. The molecule has 0 atom stereocenters. The first-order chi connectivity index (χ1) is 12.0. The van der Waals surface area contributed by atoms with Crippen molar-refractivity contribution in [3.05, 3.63) is 41.8 Å². The van der Waals surface area contributed by atoms with Crippen LogP contribution in [0, 0.1) is 0 Å². The van der Waals surface area contributed by atoms with Crippen LogP contribution in [0.4, 0.5) is 11.4 Å². The first-order valence-corrected chi connectivity index (χ1v) is 10.6. The largest absolute Gasteiger partial charge is 0.372 e. The Bertz CT molecular complexity index is 796. The van der Waals surface area contributed by atoms with Crippen LogP contribution in [0.25, 0.3) is 0 Å². The number of rotatable bonds is 6. The lowest BCUT2D eigenvalue weighted by Crippen LogP contribution is -2.32. The van der Waals surface area contributed by atoms with E-state index in [4.69, 9.17) is 0 Å². The van der Waals surface area contributed by atoms with Gasteiger partial charge >= 0.3 is 0 Å². The van der Waals surface area contributed by atoms with Crippen molar-refractivity contribution < 1.29 is 13.2 Å². The number of sulfonamides is 1. The van der Waals surface area contributed by atoms with Gasteiger partial charge in [0.05, 0.1) is 6.54 Å². The third kappa shape index (κ3) is 4.81. The van der Waals surface area contributed by atoms with E-state index in [1.165, 1.54) is 25.3 Å². The van der Waals surface area contributed by atoms with Crippen molar-refractivity contribution in [2.24, 2.45) is 0 Å². The maximum absolute atomic E-state index is 12.0. The predicted molar refractivity (Wildman–Crippen MR) is 101 cm³/mol. The molecule has 1 fully saturated rings. The van der Waals surface area contributed by atoms with Crippen LogP contribution in [0.15, 0.2) is 46.0 Å². The molecule has 1 aromatic carbocycles. The number of carbonyl (C=O) groups excluding carboxylic acids is 1. The van der Waals surface area contributed by atoms with Crippen molar-refractivity contribution in [1.82, 2.24) is 4.72 Å². The summed E-state index contributed by atoms with van der Waals surface area (Å²) in [5.41, 5.74) is 1.80. The number of nitrogens with zero attached hydrogens (tertiary/aromatic N) is 1. The number of nitrogens with one attached hydrogen (secondary N) is 2. The van der Waals surface area contributed by atoms with Crippen molar-refractivity contribution in [1.29, 1.82) is 0 Å². The van der Waals surface area contributed by atoms with Crippen LogP contribution in [0.1, 0.15) is 19.3 Å². The molecular formula is C17H21N3O3S2. The summed E-state index contributed by atoms with van der Waals surface area (Å²) in [5.74, 6) is -0.397. The van der Waals surface area contributed by atoms with Gasteiger partial charge in [-0.25, -0.2) is 13.1 Å². The molecule has 0 aliphatic carbocycles. The molecule has 2 heterocycles. The fourth-order valence-corrected chi connectivity index (χ4v) is 4.78. The van der Waals surface area contributed by atoms with E-state index in [2.05, 4.69) is 14.9 Å². The topological polar surface area (TPSA) is 78.5 Å². The zero-order valence-electron chi connectivity index (χ0n) is 13.8. The van der Waals surface area contributed by atoms with Crippen LogP contribution in [-0.2, 0) is 14.8 Å². The summed E-state index contributed by atoms with van der Waals surface area (Å²) in [6.45, 7) is 1.83. The van der Waals surface area contributed by atoms with E-state index < -0.39 is 15.9 Å². The summed E-state index contributed by atoms with van der Waals surface area (Å²) in [5, 5.41) is 4.39. The van der Waals surface area contributed by atoms with E-state index in [0.717, 1.165) is 30.1 Å². The second-order valence-electron chi connectivity index (χ2n) is 5.90. The fraction of sp³-hybridized carbons (Fsp3) is 0.353. The molecule has 2 aromatic rings. The average Bonchev–Trinajstić information content (AvgIpc) is 3.17. The highest BCUT2D eigenvalue weighted by molar-refractivity contribution is 7.91. The molecule has 1 aliphatic rings. The normalized spacial score (nSPS) is 15.1. The molecule has 0 saturated carbocycles. The Morgan fingerprint density at radius 3 is 2.44 bits per heavy atom. The first-order valence-electron chi connectivity index (χ1n) is 8.23. The van der Waals surface area contributed by atoms with Gasteiger partial charge in [-0.1, -0.05) is 6.07 Å². The summed E-state index contributed by atoms with van der Waals surface area (Å²) in [6.07, 6.45) is 3.71.